The number of rotatable bonds is 4. The molecule has 21 heavy (non-hydrogen) atoms. The minimum Gasteiger partial charge on any atom is -0.392 e. The largest absolute Gasteiger partial charge is 0.392 e. The van der Waals surface area contributed by atoms with Gasteiger partial charge < -0.3 is 5.11 Å². The zero-order valence-electron chi connectivity index (χ0n) is 11.1. The van der Waals surface area contributed by atoms with E-state index in [2.05, 4.69) is 20.7 Å². The number of halogens is 2. The number of hydrogen-bond donors (Lipinski definition) is 2. The Morgan fingerprint density at radius 2 is 2.00 bits per heavy atom. The fourth-order valence-electron chi connectivity index (χ4n) is 1.90. The molecular weight excluding hydrogens is 378 g/mol. The number of hydrogen-bond acceptors (Lipinski definition) is 3. The Kier molecular flexibility index (Phi) is 4.93. The van der Waals surface area contributed by atoms with Crippen molar-refractivity contribution >= 4 is 43.2 Å². The molecule has 0 spiro atoms. The quantitative estimate of drug-likeness (QED) is 0.836. The highest BCUT2D eigenvalue weighted by Gasteiger charge is 2.19. The van der Waals surface area contributed by atoms with Gasteiger partial charge in [-0.05, 0) is 58.2 Å². The molecule has 0 bridgehead atoms. The summed E-state index contributed by atoms with van der Waals surface area (Å²) in [6, 6.07) is 9.62. The van der Waals surface area contributed by atoms with Crippen LogP contribution in [0.3, 0.4) is 0 Å². The summed E-state index contributed by atoms with van der Waals surface area (Å²) < 4.78 is 28.1. The highest BCUT2D eigenvalue weighted by molar-refractivity contribution is 9.10. The highest BCUT2D eigenvalue weighted by atomic mass is 79.9. The van der Waals surface area contributed by atoms with E-state index in [0.717, 1.165) is 0 Å². The van der Waals surface area contributed by atoms with Gasteiger partial charge >= 0.3 is 0 Å². The molecule has 2 rings (SSSR count). The molecule has 2 aromatic rings. The number of nitrogens with one attached hydrogen (secondary N) is 1. The first-order chi connectivity index (χ1) is 9.85. The van der Waals surface area contributed by atoms with Crippen LogP contribution in [0.15, 0.2) is 45.8 Å². The van der Waals surface area contributed by atoms with Gasteiger partial charge in [0, 0.05) is 9.50 Å². The van der Waals surface area contributed by atoms with Crippen LogP contribution in [0.5, 0.6) is 0 Å². The molecule has 0 aliphatic heterocycles. The Morgan fingerprint density at radius 1 is 1.29 bits per heavy atom. The molecule has 2 N–H and O–H groups in total. The lowest BCUT2D eigenvalue weighted by Gasteiger charge is -2.13. The van der Waals surface area contributed by atoms with Gasteiger partial charge in [-0.1, -0.05) is 23.7 Å². The van der Waals surface area contributed by atoms with E-state index in [9.17, 15) is 13.5 Å². The number of benzene rings is 2. The summed E-state index contributed by atoms with van der Waals surface area (Å²) >= 11 is 9.16. The van der Waals surface area contributed by atoms with Crippen LogP contribution >= 0.6 is 27.5 Å². The van der Waals surface area contributed by atoms with Crippen LogP contribution in [-0.4, -0.2) is 13.5 Å². The molecular formula is C14H13BrClNO3S. The second-order valence-corrected chi connectivity index (χ2v) is 7.37. The van der Waals surface area contributed by atoms with Crippen LogP contribution in [0.1, 0.15) is 11.1 Å². The van der Waals surface area contributed by atoms with Crippen molar-refractivity contribution in [2.75, 3.05) is 4.72 Å². The van der Waals surface area contributed by atoms with Crippen LogP contribution in [0, 0.1) is 6.92 Å². The van der Waals surface area contributed by atoms with Gasteiger partial charge in [0.05, 0.1) is 17.2 Å². The smallest absolute Gasteiger partial charge is 0.262 e. The van der Waals surface area contributed by atoms with Gasteiger partial charge in [-0.25, -0.2) is 8.42 Å². The van der Waals surface area contributed by atoms with Crippen LogP contribution < -0.4 is 4.72 Å². The van der Waals surface area contributed by atoms with E-state index < -0.39 is 10.0 Å². The summed E-state index contributed by atoms with van der Waals surface area (Å²) in [4.78, 5) is 0.126. The minimum atomic E-state index is -3.77. The molecule has 4 nitrogen and oxygen atoms in total. The van der Waals surface area contributed by atoms with E-state index >= 15 is 0 Å². The molecule has 2 aromatic carbocycles. The number of sulfonamides is 1. The van der Waals surface area contributed by atoms with Crippen molar-refractivity contribution in [3.8, 4) is 0 Å². The van der Waals surface area contributed by atoms with Gasteiger partial charge in [-0.2, -0.15) is 0 Å². The third-order valence-corrected chi connectivity index (χ3v) is 5.47. The Morgan fingerprint density at radius 3 is 2.67 bits per heavy atom. The van der Waals surface area contributed by atoms with Crippen LogP contribution in [0.4, 0.5) is 5.69 Å². The molecule has 112 valence electrons. The molecule has 7 heteroatoms. The predicted molar refractivity (Wildman–Crippen MR) is 87.1 cm³/mol. The zero-order valence-corrected chi connectivity index (χ0v) is 14.3. The Bertz CT molecular complexity index is 778. The lowest BCUT2D eigenvalue weighted by atomic mass is 10.1. The number of anilines is 1. The molecule has 0 aromatic heterocycles. The van der Waals surface area contributed by atoms with Crippen molar-refractivity contribution in [1.29, 1.82) is 0 Å². The van der Waals surface area contributed by atoms with Gasteiger partial charge in [0.1, 0.15) is 0 Å². The Balaban J connectivity index is 2.46. The molecule has 0 heterocycles. The minimum absolute atomic E-state index is 0.126. The molecule has 0 saturated carbocycles. The molecule has 0 unspecified atom stereocenters. The fraction of sp³-hybridized carbons (Fsp3) is 0.143. The van der Waals surface area contributed by atoms with Crippen molar-refractivity contribution in [1.82, 2.24) is 0 Å². The third-order valence-electron chi connectivity index (χ3n) is 3.03. The molecule has 0 atom stereocenters. The standard InChI is InChI=1S/C14H13BrClNO3S/c1-9-10(8-18)3-2-4-14(9)21(19,20)17-13-7-11(16)5-6-12(13)15/h2-7,17-18H,8H2,1H3. The van der Waals surface area contributed by atoms with Crippen molar-refractivity contribution in [2.24, 2.45) is 0 Å². The normalized spacial score (nSPS) is 11.4. The van der Waals surface area contributed by atoms with Gasteiger partial charge in [-0.15, -0.1) is 0 Å². The molecule has 0 fully saturated rings. The molecule has 0 amide bonds. The molecule has 0 saturated heterocycles. The van der Waals surface area contributed by atoms with Crippen LogP contribution in [0.25, 0.3) is 0 Å². The summed E-state index contributed by atoms with van der Waals surface area (Å²) in [6.45, 7) is 1.45. The van der Waals surface area contributed by atoms with E-state index in [1.807, 2.05) is 0 Å². The Labute approximate surface area is 136 Å². The summed E-state index contributed by atoms with van der Waals surface area (Å²) in [5.74, 6) is 0. The van der Waals surface area contributed by atoms with E-state index in [0.29, 0.717) is 26.3 Å². The number of aliphatic hydroxyl groups excluding tert-OH is 1. The lowest BCUT2D eigenvalue weighted by molar-refractivity contribution is 0.280. The van der Waals surface area contributed by atoms with Crippen molar-refractivity contribution in [3.63, 3.8) is 0 Å². The second kappa shape index (κ2) is 6.36. The van der Waals surface area contributed by atoms with Gasteiger partial charge in [-0.3, -0.25) is 4.72 Å². The summed E-state index contributed by atoms with van der Waals surface area (Å²) in [7, 11) is -3.77. The van der Waals surface area contributed by atoms with Gasteiger partial charge in [0.2, 0.25) is 0 Å². The molecule has 0 aliphatic rings. The lowest BCUT2D eigenvalue weighted by Crippen LogP contribution is -2.15. The first-order valence-electron chi connectivity index (χ1n) is 6.02. The van der Waals surface area contributed by atoms with Crippen molar-refractivity contribution in [2.45, 2.75) is 18.4 Å². The van der Waals surface area contributed by atoms with Gasteiger partial charge in [0.15, 0.2) is 0 Å². The summed E-state index contributed by atoms with van der Waals surface area (Å²) in [6.07, 6.45) is 0. The van der Waals surface area contributed by atoms with E-state index in [4.69, 9.17) is 11.6 Å². The Hall–Kier alpha value is -1.08. The van der Waals surface area contributed by atoms with E-state index in [-0.39, 0.29) is 11.5 Å². The average molecular weight is 391 g/mol. The van der Waals surface area contributed by atoms with Crippen molar-refractivity contribution in [3.05, 3.63) is 57.0 Å². The van der Waals surface area contributed by atoms with Crippen LogP contribution in [0.2, 0.25) is 5.02 Å². The average Bonchev–Trinajstić information content (AvgIpc) is 2.42. The second-order valence-electron chi connectivity index (χ2n) is 4.43. The SMILES string of the molecule is Cc1c(CO)cccc1S(=O)(=O)Nc1cc(Cl)ccc1Br. The first kappa shape index (κ1) is 16.3. The van der Waals surface area contributed by atoms with Crippen LogP contribution in [-0.2, 0) is 16.6 Å². The summed E-state index contributed by atoms with van der Waals surface area (Å²) in [5, 5.41) is 9.67. The maximum atomic E-state index is 12.5. The first-order valence-corrected chi connectivity index (χ1v) is 8.68. The van der Waals surface area contributed by atoms with E-state index in [1.54, 1.807) is 31.2 Å². The maximum absolute atomic E-state index is 12.5. The predicted octanol–water partition coefficient (Wildman–Crippen LogP) is 3.70. The topological polar surface area (TPSA) is 66.4 Å². The third kappa shape index (κ3) is 3.58. The van der Waals surface area contributed by atoms with Crippen molar-refractivity contribution < 1.29 is 13.5 Å². The van der Waals surface area contributed by atoms with E-state index in [1.165, 1.54) is 12.1 Å². The number of aliphatic hydroxyl groups is 1. The fourth-order valence-corrected chi connectivity index (χ4v) is 3.91. The maximum Gasteiger partial charge on any atom is 0.262 e. The van der Waals surface area contributed by atoms with Gasteiger partial charge in [0.25, 0.3) is 10.0 Å². The monoisotopic (exact) mass is 389 g/mol. The molecule has 0 radical (unpaired) electrons. The summed E-state index contributed by atoms with van der Waals surface area (Å²) in [5.41, 5.74) is 1.45. The highest BCUT2D eigenvalue weighted by Crippen LogP contribution is 2.29. The zero-order chi connectivity index (χ0) is 15.6. The molecule has 0 aliphatic carbocycles.